The van der Waals surface area contributed by atoms with Gasteiger partial charge in [0.05, 0.1) is 30.4 Å². The van der Waals surface area contributed by atoms with Gasteiger partial charge in [0, 0.05) is 30.0 Å². The number of amides is 1. The van der Waals surface area contributed by atoms with Crippen LogP contribution in [0.3, 0.4) is 0 Å². The molecule has 140 valence electrons. The predicted octanol–water partition coefficient (Wildman–Crippen LogP) is 2.84. The number of imidazole rings is 1. The third kappa shape index (κ3) is 1.79. The van der Waals surface area contributed by atoms with Crippen molar-refractivity contribution in [3.63, 3.8) is 0 Å². The first kappa shape index (κ1) is 15.7. The summed E-state index contributed by atoms with van der Waals surface area (Å²) in [6, 6.07) is 8.57. The van der Waals surface area contributed by atoms with E-state index in [1.165, 1.54) is 11.1 Å². The van der Waals surface area contributed by atoms with Crippen LogP contribution in [0.2, 0.25) is 0 Å². The first-order valence-electron chi connectivity index (χ1n) is 9.88. The molecular formula is C21H23N3O3. The third-order valence-corrected chi connectivity index (χ3v) is 8.01. The van der Waals surface area contributed by atoms with Crippen LogP contribution in [0.25, 0.3) is 11.3 Å². The molecule has 2 aliphatic carbocycles. The highest BCUT2D eigenvalue weighted by atomic mass is 16.4. The number of aromatic nitrogens is 2. The van der Waals surface area contributed by atoms with E-state index in [4.69, 9.17) is 0 Å². The van der Waals surface area contributed by atoms with E-state index in [-0.39, 0.29) is 35.3 Å². The normalized spacial score (nSPS) is 38.6. The van der Waals surface area contributed by atoms with Crippen molar-refractivity contribution in [1.82, 2.24) is 14.5 Å². The summed E-state index contributed by atoms with van der Waals surface area (Å²) in [7, 11) is 0. The van der Waals surface area contributed by atoms with Gasteiger partial charge < -0.3 is 19.7 Å². The summed E-state index contributed by atoms with van der Waals surface area (Å²) >= 11 is 0. The van der Waals surface area contributed by atoms with E-state index >= 15 is 0 Å². The fourth-order valence-electron chi connectivity index (χ4n) is 6.85. The Balaban J connectivity index is 1.34. The summed E-state index contributed by atoms with van der Waals surface area (Å²) < 4.78 is 2.22. The Labute approximate surface area is 157 Å². The Morgan fingerprint density at radius 2 is 1.93 bits per heavy atom. The first-order valence-corrected chi connectivity index (χ1v) is 9.88. The molecule has 2 aromatic rings. The molecule has 3 unspecified atom stereocenters. The van der Waals surface area contributed by atoms with E-state index < -0.39 is 6.09 Å². The molecule has 1 saturated heterocycles. The number of nitrogens with zero attached hydrogens (tertiary/aromatic N) is 3. The lowest BCUT2D eigenvalue weighted by atomic mass is 9.48. The third-order valence-electron chi connectivity index (χ3n) is 8.01. The van der Waals surface area contributed by atoms with Gasteiger partial charge in [0.2, 0.25) is 0 Å². The van der Waals surface area contributed by atoms with Crippen molar-refractivity contribution in [2.24, 2.45) is 23.2 Å². The van der Waals surface area contributed by atoms with Crippen LogP contribution in [-0.2, 0) is 0 Å². The lowest BCUT2D eigenvalue weighted by molar-refractivity contribution is -0.193. The molecule has 2 bridgehead atoms. The molecule has 1 aromatic heterocycles. The van der Waals surface area contributed by atoms with E-state index in [2.05, 4.69) is 33.8 Å². The molecule has 0 radical (unpaired) electrons. The van der Waals surface area contributed by atoms with Crippen molar-refractivity contribution in [2.45, 2.75) is 31.4 Å². The monoisotopic (exact) mass is 365 g/mol. The Bertz CT molecular complexity index is 924. The van der Waals surface area contributed by atoms with Gasteiger partial charge >= 0.3 is 6.09 Å². The van der Waals surface area contributed by atoms with E-state index in [0.29, 0.717) is 13.1 Å². The second kappa shape index (κ2) is 5.13. The van der Waals surface area contributed by atoms with E-state index in [0.717, 1.165) is 25.0 Å². The molecule has 6 nitrogen and oxygen atoms in total. The number of hydrogen-bond acceptors (Lipinski definition) is 3. The minimum absolute atomic E-state index is 0.0884. The zero-order valence-electron chi connectivity index (χ0n) is 15.0. The number of aliphatic hydroxyl groups excluding tert-OH is 1. The second-order valence-electron chi connectivity index (χ2n) is 8.80. The highest BCUT2D eigenvalue weighted by Crippen LogP contribution is 2.67. The molecule has 1 aromatic carbocycles. The summed E-state index contributed by atoms with van der Waals surface area (Å²) in [6.45, 7) is 1.15. The van der Waals surface area contributed by atoms with Crippen molar-refractivity contribution in [3.05, 3.63) is 42.4 Å². The summed E-state index contributed by atoms with van der Waals surface area (Å²) in [6.07, 6.45) is 5.66. The minimum Gasteiger partial charge on any atom is -0.465 e. The van der Waals surface area contributed by atoms with Gasteiger partial charge in [0.15, 0.2) is 0 Å². The largest absolute Gasteiger partial charge is 0.465 e. The number of carbonyl (C=O) groups is 1. The second-order valence-corrected chi connectivity index (χ2v) is 8.80. The fraction of sp³-hybridized carbons (Fsp3) is 0.524. The fourth-order valence-corrected chi connectivity index (χ4v) is 6.85. The van der Waals surface area contributed by atoms with Gasteiger partial charge in [-0.25, -0.2) is 9.78 Å². The van der Waals surface area contributed by atoms with Gasteiger partial charge in [-0.05, 0) is 36.7 Å². The lowest BCUT2D eigenvalue weighted by Crippen LogP contribution is -2.65. The number of aliphatic hydroxyl groups is 1. The van der Waals surface area contributed by atoms with Crippen molar-refractivity contribution >= 4 is 6.09 Å². The molecule has 3 fully saturated rings. The van der Waals surface area contributed by atoms with Gasteiger partial charge in [0.25, 0.3) is 0 Å². The summed E-state index contributed by atoms with van der Waals surface area (Å²) in [4.78, 5) is 17.3. The van der Waals surface area contributed by atoms with Crippen LogP contribution in [0.15, 0.2) is 36.8 Å². The molecule has 5 atom stereocenters. The van der Waals surface area contributed by atoms with Crippen LogP contribution in [0.1, 0.15) is 30.9 Å². The maximum atomic E-state index is 11.4. The molecule has 2 saturated carbocycles. The minimum atomic E-state index is -0.820. The van der Waals surface area contributed by atoms with Crippen LogP contribution >= 0.6 is 0 Å². The average Bonchev–Trinajstić information content (AvgIpc) is 3.30. The molecule has 4 aliphatic rings. The lowest BCUT2D eigenvalue weighted by Gasteiger charge is -2.61. The van der Waals surface area contributed by atoms with Crippen LogP contribution in [-0.4, -0.2) is 50.0 Å². The molecule has 2 aliphatic heterocycles. The zero-order chi connectivity index (χ0) is 18.3. The van der Waals surface area contributed by atoms with Crippen LogP contribution in [0, 0.1) is 23.2 Å². The summed E-state index contributed by atoms with van der Waals surface area (Å²) in [5.74, 6) is 0.746. The maximum Gasteiger partial charge on any atom is 0.407 e. The van der Waals surface area contributed by atoms with Crippen molar-refractivity contribution in [2.75, 3.05) is 13.1 Å². The van der Waals surface area contributed by atoms with Crippen LogP contribution in [0.5, 0.6) is 0 Å². The molecule has 2 N–H and O–H groups in total. The van der Waals surface area contributed by atoms with Gasteiger partial charge in [-0.2, -0.15) is 0 Å². The van der Waals surface area contributed by atoms with Gasteiger partial charge in [-0.15, -0.1) is 0 Å². The molecule has 1 spiro atoms. The SMILES string of the molecule is O=C(O)N1CC2CCC(C1)C21C[C@@H]([C@@H]2c3ccccc3-c3cncn32)C1O. The quantitative estimate of drug-likeness (QED) is 0.815. The molecule has 6 rings (SSSR count). The van der Waals surface area contributed by atoms with E-state index in [1.54, 1.807) is 4.90 Å². The van der Waals surface area contributed by atoms with Crippen LogP contribution < -0.4 is 0 Å². The smallest absolute Gasteiger partial charge is 0.407 e. The Kier molecular flexibility index (Phi) is 2.98. The van der Waals surface area contributed by atoms with Crippen molar-refractivity contribution in [1.29, 1.82) is 0 Å². The first-order chi connectivity index (χ1) is 13.1. The number of benzene rings is 1. The molecular weight excluding hydrogens is 342 g/mol. The molecule has 1 amide bonds. The summed E-state index contributed by atoms with van der Waals surface area (Å²) in [5.41, 5.74) is 3.54. The number of hydrogen-bond donors (Lipinski definition) is 2. The number of rotatable bonds is 1. The summed E-state index contributed by atoms with van der Waals surface area (Å²) in [5, 5.41) is 20.8. The highest BCUT2D eigenvalue weighted by molar-refractivity contribution is 5.69. The number of carboxylic acid groups (broad SMARTS) is 1. The maximum absolute atomic E-state index is 11.4. The highest BCUT2D eigenvalue weighted by Gasteiger charge is 2.67. The standard InChI is InChI=1S/C21H23N3O3/c25-19-16(7-21(19)12-5-6-13(21)10-23(9-12)20(26)27)18-15-4-2-1-3-14(15)17-8-22-11-24(17)18/h1-4,8,11-13,16,18-19,25H,5-7,9-10H2,(H,26,27)/t12?,13?,16-,18-,19?,21?/m0/s1. The van der Waals surface area contributed by atoms with Crippen molar-refractivity contribution < 1.29 is 15.0 Å². The number of piperidine rings is 1. The van der Waals surface area contributed by atoms with Crippen LogP contribution in [0.4, 0.5) is 4.79 Å². The van der Waals surface area contributed by atoms with Gasteiger partial charge in [0.1, 0.15) is 0 Å². The molecule has 27 heavy (non-hydrogen) atoms. The topological polar surface area (TPSA) is 78.6 Å². The molecule has 3 heterocycles. The molecule has 6 heteroatoms. The predicted molar refractivity (Wildman–Crippen MR) is 98.2 cm³/mol. The Hall–Kier alpha value is -2.34. The van der Waals surface area contributed by atoms with Gasteiger partial charge in [-0.3, -0.25) is 0 Å². The average molecular weight is 365 g/mol. The Morgan fingerprint density at radius 3 is 2.63 bits per heavy atom. The zero-order valence-corrected chi connectivity index (χ0v) is 15.0. The Morgan fingerprint density at radius 1 is 1.19 bits per heavy atom. The van der Waals surface area contributed by atoms with E-state index in [9.17, 15) is 15.0 Å². The van der Waals surface area contributed by atoms with E-state index in [1.807, 2.05) is 12.5 Å². The van der Waals surface area contributed by atoms with Crippen molar-refractivity contribution in [3.8, 4) is 11.3 Å². The van der Waals surface area contributed by atoms with Gasteiger partial charge in [-0.1, -0.05) is 24.3 Å². The number of likely N-dealkylation sites (tertiary alicyclic amines) is 1. The number of fused-ring (bicyclic) bond motifs is 3.